The third-order valence-corrected chi connectivity index (χ3v) is 4.29. The zero-order chi connectivity index (χ0) is 19.5. The van der Waals surface area contributed by atoms with Crippen LogP contribution in [-0.2, 0) is 6.54 Å². The van der Waals surface area contributed by atoms with Crippen LogP contribution < -0.4 is 20.1 Å². The summed E-state index contributed by atoms with van der Waals surface area (Å²) in [5.74, 6) is 2.70. The highest BCUT2D eigenvalue weighted by Crippen LogP contribution is 2.32. The van der Waals surface area contributed by atoms with E-state index in [1.54, 1.807) is 19.1 Å². The number of ether oxygens (including phenoxy) is 2. The molecule has 142 valence electrons. The van der Waals surface area contributed by atoms with Gasteiger partial charge in [0.2, 0.25) is 12.7 Å². The van der Waals surface area contributed by atoms with Crippen molar-refractivity contribution in [2.24, 2.45) is 0 Å². The van der Waals surface area contributed by atoms with Gasteiger partial charge in [-0.3, -0.25) is 4.79 Å². The molecule has 2 heterocycles. The van der Waals surface area contributed by atoms with Crippen molar-refractivity contribution >= 4 is 23.2 Å². The molecule has 0 aliphatic carbocycles. The van der Waals surface area contributed by atoms with Crippen LogP contribution in [0.15, 0.2) is 48.5 Å². The van der Waals surface area contributed by atoms with Gasteiger partial charge in [-0.15, -0.1) is 0 Å². The zero-order valence-corrected chi connectivity index (χ0v) is 15.7. The van der Waals surface area contributed by atoms with E-state index in [4.69, 9.17) is 9.47 Å². The Morgan fingerprint density at radius 1 is 1.07 bits per heavy atom. The van der Waals surface area contributed by atoms with Gasteiger partial charge >= 0.3 is 0 Å². The first-order valence-corrected chi connectivity index (χ1v) is 8.93. The van der Waals surface area contributed by atoms with E-state index in [9.17, 15) is 4.79 Å². The lowest BCUT2D eigenvalue weighted by Gasteiger charge is -2.11. The molecular formula is C21H20N4O3. The molecule has 7 nitrogen and oxygen atoms in total. The summed E-state index contributed by atoms with van der Waals surface area (Å²) < 4.78 is 10.7. The molecule has 0 atom stereocenters. The Bertz CT molecular complexity index is 1040. The minimum absolute atomic E-state index is 0.0138. The lowest BCUT2D eigenvalue weighted by atomic mass is 10.1. The fraction of sp³-hybridized carbons (Fsp3) is 0.190. The minimum Gasteiger partial charge on any atom is -0.454 e. The number of aromatic nitrogens is 2. The minimum atomic E-state index is 0.0138. The van der Waals surface area contributed by atoms with Gasteiger partial charge in [-0.25, -0.2) is 4.98 Å². The maximum Gasteiger partial charge on any atom is 0.231 e. The number of nitrogens with zero attached hydrogens (tertiary/aromatic N) is 2. The molecule has 7 heteroatoms. The normalized spacial score (nSPS) is 11.9. The number of carbonyl (C=O) groups excluding carboxylic acids is 1. The van der Waals surface area contributed by atoms with E-state index in [1.165, 1.54) is 0 Å². The SMILES string of the molecule is CC(=O)c1cccc(Nc2nc(C)cc(NCc3ccc4c(c3)OCO4)n2)c1. The average Bonchev–Trinajstić information content (AvgIpc) is 3.14. The van der Waals surface area contributed by atoms with Gasteiger partial charge in [-0.1, -0.05) is 18.2 Å². The summed E-state index contributed by atoms with van der Waals surface area (Å²) in [4.78, 5) is 20.5. The predicted molar refractivity (Wildman–Crippen MR) is 106 cm³/mol. The first kappa shape index (κ1) is 17.8. The average molecular weight is 376 g/mol. The number of fused-ring (bicyclic) bond motifs is 1. The first-order chi connectivity index (χ1) is 13.6. The lowest BCUT2D eigenvalue weighted by molar-refractivity contribution is 0.101. The highest BCUT2D eigenvalue weighted by Gasteiger charge is 2.13. The molecule has 3 aromatic rings. The fourth-order valence-electron chi connectivity index (χ4n) is 2.90. The van der Waals surface area contributed by atoms with Crippen LogP contribution in [0.3, 0.4) is 0 Å². The van der Waals surface area contributed by atoms with E-state index < -0.39 is 0 Å². The topological polar surface area (TPSA) is 85.4 Å². The molecule has 2 N–H and O–H groups in total. The number of rotatable bonds is 6. The Kier molecular flexibility index (Phi) is 4.80. The van der Waals surface area contributed by atoms with Gasteiger partial charge in [0.15, 0.2) is 17.3 Å². The third-order valence-electron chi connectivity index (χ3n) is 4.29. The second-order valence-corrected chi connectivity index (χ2v) is 6.52. The van der Waals surface area contributed by atoms with Crippen molar-refractivity contribution < 1.29 is 14.3 Å². The van der Waals surface area contributed by atoms with Gasteiger partial charge in [-0.2, -0.15) is 4.98 Å². The predicted octanol–water partition coefficient (Wildman–Crippen LogP) is 4.07. The zero-order valence-electron chi connectivity index (χ0n) is 15.7. The van der Waals surface area contributed by atoms with E-state index >= 15 is 0 Å². The van der Waals surface area contributed by atoms with Crippen LogP contribution >= 0.6 is 0 Å². The second kappa shape index (κ2) is 7.56. The van der Waals surface area contributed by atoms with Crippen LogP contribution in [0.4, 0.5) is 17.5 Å². The molecule has 1 aliphatic rings. The summed E-state index contributed by atoms with van der Waals surface area (Å²) in [7, 11) is 0. The summed E-state index contributed by atoms with van der Waals surface area (Å²) in [6.07, 6.45) is 0. The Balaban J connectivity index is 1.48. The number of hydrogen-bond acceptors (Lipinski definition) is 7. The van der Waals surface area contributed by atoms with Crippen molar-refractivity contribution in [3.05, 3.63) is 65.4 Å². The van der Waals surface area contributed by atoms with Crippen molar-refractivity contribution in [1.29, 1.82) is 0 Å². The van der Waals surface area contributed by atoms with Gasteiger partial charge in [0.1, 0.15) is 5.82 Å². The summed E-state index contributed by atoms with van der Waals surface area (Å²) in [5.41, 5.74) is 3.29. The Labute approximate surface area is 162 Å². The van der Waals surface area contributed by atoms with Crippen LogP contribution in [0.1, 0.15) is 28.5 Å². The molecule has 0 amide bonds. The molecule has 0 saturated carbocycles. The van der Waals surface area contributed by atoms with Crippen molar-refractivity contribution in [3.63, 3.8) is 0 Å². The molecule has 1 aliphatic heterocycles. The molecule has 2 aromatic carbocycles. The smallest absolute Gasteiger partial charge is 0.231 e. The third kappa shape index (κ3) is 4.03. The maximum absolute atomic E-state index is 11.6. The first-order valence-electron chi connectivity index (χ1n) is 8.93. The molecule has 0 radical (unpaired) electrons. The lowest BCUT2D eigenvalue weighted by Crippen LogP contribution is -2.06. The summed E-state index contributed by atoms with van der Waals surface area (Å²) >= 11 is 0. The molecular weight excluding hydrogens is 356 g/mol. The number of anilines is 3. The van der Waals surface area contributed by atoms with Crippen LogP contribution in [0.5, 0.6) is 11.5 Å². The highest BCUT2D eigenvalue weighted by atomic mass is 16.7. The number of benzene rings is 2. The monoisotopic (exact) mass is 376 g/mol. The molecule has 4 rings (SSSR count). The molecule has 0 bridgehead atoms. The molecule has 0 unspecified atom stereocenters. The van der Waals surface area contributed by atoms with Gasteiger partial charge < -0.3 is 20.1 Å². The van der Waals surface area contributed by atoms with Crippen LogP contribution in [-0.4, -0.2) is 22.5 Å². The van der Waals surface area contributed by atoms with Gasteiger partial charge in [0.05, 0.1) is 0 Å². The van der Waals surface area contributed by atoms with E-state index in [0.717, 1.165) is 28.4 Å². The second-order valence-electron chi connectivity index (χ2n) is 6.52. The number of nitrogens with one attached hydrogen (secondary N) is 2. The van der Waals surface area contributed by atoms with Crippen LogP contribution in [0.2, 0.25) is 0 Å². The maximum atomic E-state index is 11.6. The molecule has 0 spiro atoms. The standard InChI is InChI=1S/C21H20N4O3/c1-13-8-20(22-11-15-6-7-18-19(9-15)28-12-27-18)25-21(23-13)24-17-5-3-4-16(10-17)14(2)26/h3-10H,11-12H2,1-2H3,(H2,22,23,24,25). The number of ketones is 1. The molecule has 28 heavy (non-hydrogen) atoms. The quantitative estimate of drug-likeness (QED) is 0.627. The Morgan fingerprint density at radius 2 is 1.93 bits per heavy atom. The van der Waals surface area contributed by atoms with Crippen molar-refractivity contribution in [3.8, 4) is 11.5 Å². The number of carbonyl (C=O) groups is 1. The summed E-state index contributed by atoms with van der Waals surface area (Å²) in [6.45, 7) is 4.30. The van der Waals surface area contributed by atoms with E-state index in [-0.39, 0.29) is 12.6 Å². The fourth-order valence-corrected chi connectivity index (χ4v) is 2.90. The van der Waals surface area contributed by atoms with E-state index in [2.05, 4.69) is 20.6 Å². The number of hydrogen-bond donors (Lipinski definition) is 2. The number of Topliss-reactive ketones (excluding diaryl/α,β-unsaturated/α-hetero) is 1. The summed E-state index contributed by atoms with van der Waals surface area (Å²) in [6, 6.07) is 15.0. The number of aryl methyl sites for hydroxylation is 1. The highest BCUT2D eigenvalue weighted by molar-refractivity contribution is 5.95. The van der Waals surface area contributed by atoms with Crippen molar-refractivity contribution in [1.82, 2.24) is 9.97 Å². The Morgan fingerprint density at radius 3 is 2.79 bits per heavy atom. The van der Waals surface area contributed by atoms with Crippen molar-refractivity contribution in [2.45, 2.75) is 20.4 Å². The van der Waals surface area contributed by atoms with Gasteiger partial charge in [-0.05, 0) is 43.7 Å². The van der Waals surface area contributed by atoms with Gasteiger partial charge in [0.25, 0.3) is 0 Å². The largest absolute Gasteiger partial charge is 0.454 e. The van der Waals surface area contributed by atoms with E-state index in [1.807, 2.05) is 43.3 Å². The van der Waals surface area contributed by atoms with E-state index in [0.29, 0.717) is 23.9 Å². The Hall–Kier alpha value is -3.61. The molecule has 0 saturated heterocycles. The van der Waals surface area contributed by atoms with Crippen LogP contribution in [0, 0.1) is 6.92 Å². The summed E-state index contributed by atoms with van der Waals surface area (Å²) in [5, 5.41) is 6.47. The molecule has 0 fully saturated rings. The van der Waals surface area contributed by atoms with Gasteiger partial charge in [0, 0.05) is 29.6 Å². The van der Waals surface area contributed by atoms with Crippen molar-refractivity contribution in [2.75, 3.05) is 17.4 Å². The van der Waals surface area contributed by atoms with Crippen LogP contribution in [0.25, 0.3) is 0 Å². The molecule has 1 aromatic heterocycles.